The van der Waals surface area contributed by atoms with Gasteiger partial charge < -0.3 is 25.3 Å². The highest BCUT2D eigenvalue weighted by atomic mass is 16.3. The molecule has 0 bridgehead atoms. The molecule has 0 aliphatic carbocycles. The molecule has 0 aliphatic rings. The number of rotatable bonds is 8. The fourth-order valence-electron chi connectivity index (χ4n) is 2.81. The van der Waals surface area contributed by atoms with Crippen LogP contribution in [0.5, 0.6) is 0 Å². The van der Waals surface area contributed by atoms with E-state index in [-0.39, 0.29) is 13.2 Å². The van der Waals surface area contributed by atoms with Crippen molar-refractivity contribution in [1.82, 2.24) is 9.97 Å². The van der Waals surface area contributed by atoms with Crippen LogP contribution in [0.4, 0.5) is 5.95 Å². The van der Waals surface area contributed by atoms with E-state index in [9.17, 15) is 10.2 Å². The van der Waals surface area contributed by atoms with Crippen molar-refractivity contribution >= 4 is 16.9 Å². The zero-order chi connectivity index (χ0) is 18.6. The van der Waals surface area contributed by atoms with Crippen LogP contribution in [0.3, 0.4) is 0 Å². The molecule has 1 aromatic carbocycles. The first kappa shape index (κ1) is 18.3. The third kappa shape index (κ3) is 3.85. The monoisotopic (exact) mass is 356 g/mol. The molecule has 4 N–H and O–H groups in total. The lowest BCUT2D eigenvalue weighted by Gasteiger charge is -2.21. The number of aromatic nitrogens is 2. The van der Waals surface area contributed by atoms with Gasteiger partial charge in [0.2, 0.25) is 5.95 Å². The lowest BCUT2D eigenvalue weighted by molar-refractivity contribution is 0.105. The number of aliphatic hydroxyl groups is 2. The van der Waals surface area contributed by atoms with Crippen LogP contribution in [0.25, 0.3) is 11.0 Å². The average molecular weight is 356 g/mol. The van der Waals surface area contributed by atoms with Gasteiger partial charge >= 0.3 is 0 Å². The largest absolute Gasteiger partial charge is 0.459 e. The second kappa shape index (κ2) is 7.82. The average Bonchev–Trinajstić information content (AvgIpc) is 3.12. The summed E-state index contributed by atoms with van der Waals surface area (Å²) in [5.41, 5.74) is 6.58. The fourth-order valence-corrected chi connectivity index (χ4v) is 2.81. The van der Waals surface area contributed by atoms with Crippen LogP contribution in [-0.2, 0) is 12.0 Å². The highest BCUT2D eigenvalue weighted by molar-refractivity contribution is 5.79. The Kier molecular flexibility index (Phi) is 5.51. The van der Waals surface area contributed by atoms with Gasteiger partial charge in [0.05, 0.1) is 13.2 Å². The summed E-state index contributed by atoms with van der Waals surface area (Å²) < 4.78 is 5.70. The van der Waals surface area contributed by atoms with Crippen LogP contribution in [0.2, 0.25) is 0 Å². The Morgan fingerprint density at radius 2 is 1.88 bits per heavy atom. The normalized spacial score (nSPS) is 11.8. The molecule has 0 radical (unpaired) electrons. The summed E-state index contributed by atoms with van der Waals surface area (Å²) in [4.78, 5) is 10.5. The quantitative estimate of drug-likeness (QED) is 0.560. The van der Waals surface area contributed by atoms with Crippen molar-refractivity contribution in [1.29, 1.82) is 0 Å². The van der Waals surface area contributed by atoms with Gasteiger partial charge in [0.25, 0.3) is 0 Å². The molecule has 7 heteroatoms. The second-order valence-corrected chi connectivity index (χ2v) is 6.53. The number of aliphatic hydroxyl groups excluding tert-OH is 2. The molecular weight excluding hydrogens is 332 g/mol. The molecule has 3 rings (SSSR count). The van der Waals surface area contributed by atoms with E-state index < -0.39 is 5.54 Å². The number of hydrogen-bond donors (Lipinski definition) is 3. The smallest absolute Gasteiger partial charge is 0.224 e. The maximum atomic E-state index is 9.42. The van der Waals surface area contributed by atoms with E-state index in [1.165, 1.54) is 5.56 Å². The van der Waals surface area contributed by atoms with Crippen LogP contribution in [0, 0.1) is 0 Å². The van der Waals surface area contributed by atoms with E-state index in [0.717, 1.165) is 30.7 Å². The number of aryl methyl sites for hydroxylation is 1. The van der Waals surface area contributed by atoms with Crippen LogP contribution < -0.4 is 10.6 Å². The zero-order valence-corrected chi connectivity index (χ0v) is 14.8. The van der Waals surface area contributed by atoms with Gasteiger partial charge in [-0.25, -0.2) is 9.97 Å². The predicted molar refractivity (Wildman–Crippen MR) is 99.9 cm³/mol. The Morgan fingerprint density at radius 3 is 2.58 bits per heavy atom. The molecule has 2 aromatic heterocycles. The maximum absolute atomic E-state index is 9.42. The highest BCUT2D eigenvalue weighted by Gasteiger charge is 2.29. The number of benzene rings is 1. The summed E-state index contributed by atoms with van der Waals surface area (Å²) in [6.07, 6.45) is 5.33. The van der Waals surface area contributed by atoms with E-state index in [1.54, 1.807) is 24.5 Å². The first-order chi connectivity index (χ1) is 12.6. The molecule has 0 saturated heterocycles. The Morgan fingerprint density at radius 1 is 1.15 bits per heavy atom. The summed E-state index contributed by atoms with van der Waals surface area (Å²) in [5, 5.41) is 19.8. The number of hydrogen-bond acceptors (Lipinski definition) is 7. The lowest BCUT2D eigenvalue weighted by atomic mass is 9.99. The van der Waals surface area contributed by atoms with E-state index >= 15 is 0 Å². The third-order valence-corrected chi connectivity index (χ3v) is 4.49. The second-order valence-electron chi connectivity index (χ2n) is 6.53. The van der Waals surface area contributed by atoms with E-state index in [4.69, 9.17) is 10.2 Å². The van der Waals surface area contributed by atoms with Crippen LogP contribution >= 0.6 is 0 Å². The van der Waals surface area contributed by atoms with Gasteiger partial charge in [0.15, 0.2) is 0 Å². The van der Waals surface area contributed by atoms with Crippen LogP contribution in [0.15, 0.2) is 47.1 Å². The van der Waals surface area contributed by atoms with Crippen molar-refractivity contribution in [3.8, 4) is 0 Å². The van der Waals surface area contributed by atoms with Crippen molar-refractivity contribution in [2.45, 2.75) is 18.4 Å². The number of fused-ring (bicyclic) bond motifs is 1. The molecule has 0 unspecified atom stereocenters. The van der Waals surface area contributed by atoms with Crippen LogP contribution in [0.1, 0.15) is 17.7 Å². The van der Waals surface area contributed by atoms with Crippen molar-refractivity contribution in [3.63, 3.8) is 0 Å². The third-order valence-electron chi connectivity index (χ3n) is 4.49. The predicted octanol–water partition coefficient (Wildman–Crippen LogP) is 1.43. The molecular formula is C19H24N4O3. The topological polar surface area (TPSA) is 109 Å². The van der Waals surface area contributed by atoms with Gasteiger partial charge in [0, 0.05) is 31.4 Å². The summed E-state index contributed by atoms with van der Waals surface area (Å²) in [5.74, 6) is 1.10. The molecule has 0 spiro atoms. The molecule has 0 fully saturated rings. The highest BCUT2D eigenvalue weighted by Crippen LogP contribution is 2.27. The lowest BCUT2D eigenvalue weighted by Crippen LogP contribution is -2.43. The Balaban J connectivity index is 1.66. The van der Waals surface area contributed by atoms with Gasteiger partial charge in [-0.15, -0.1) is 0 Å². The minimum atomic E-state index is -1.27. The molecule has 0 saturated carbocycles. The van der Waals surface area contributed by atoms with Crippen molar-refractivity contribution < 1.29 is 14.6 Å². The summed E-state index contributed by atoms with van der Waals surface area (Å²) in [6, 6.07) is 9.55. The molecule has 138 valence electrons. The number of anilines is 1. The molecule has 7 nitrogen and oxygen atoms in total. The first-order valence-corrected chi connectivity index (χ1v) is 8.57. The van der Waals surface area contributed by atoms with Gasteiger partial charge in [-0.2, -0.15) is 0 Å². The SMILES string of the molecule is CN(CCCc1ccc2oc(C(N)(CO)CO)cc2c1)c1ncccn1. The number of nitrogens with zero attached hydrogens (tertiary/aromatic N) is 3. The molecule has 3 aromatic rings. The van der Waals surface area contributed by atoms with Crippen molar-refractivity contribution in [3.05, 3.63) is 54.0 Å². The summed E-state index contributed by atoms with van der Waals surface area (Å²) >= 11 is 0. The van der Waals surface area contributed by atoms with Gasteiger partial charge in [-0.3, -0.25) is 0 Å². The minimum absolute atomic E-state index is 0.385. The number of furan rings is 1. The number of nitrogens with two attached hydrogens (primary N) is 1. The molecule has 0 atom stereocenters. The van der Waals surface area contributed by atoms with Gasteiger partial charge in [0.1, 0.15) is 16.9 Å². The van der Waals surface area contributed by atoms with Crippen LogP contribution in [-0.4, -0.2) is 47.0 Å². The van der Waals surface area contributed by atoms with E-state index in [2.05, 4.69) is 16.0 Å². The Bertz CT molecular complexity index is 846. The maximum Gasteiger partial charge on any atom is 0.224 e. The molecule has 2 heterocycles. The molecule has 26 heavy (non-hydrogen) atoms. The zero-order valence-electron chi connectivity index (χ0n) is 14.8. The molecule has 0 aliphatic heterocycles. The van der Waals surface area contributed by atoms with Gasteiger partial charge in [-0.05, 0) is 42.7 Å². The summed E-state index contributed by atoms with van der Waals surface area (Å²) in [6.45, 7) is 0.0771. The fraction of sp³-hybridized carbons (Fsp3) is 0.368. The summed E-state index contributed by atoms with van der Waals surface area (Å²) in [7, 11) is 1.98. The Labute approximate surface area is 152 Å². The van der Waals surface area contributed by atoms with E-state index in [0.29, 0.717) is 11.3 Å². The Hall–Kier alpha value is -2.48. The van der Waals surface area contributed by atoms with Crippen molar-refractivity contribution in [2.75, 3.05) is 31.7 Å². The first-order valence-electron chi connectivity index (χ1n) is 8.57. The molecule has 0 amide bonds. The van der Waals surface area contributed by atoms with Crippen molar-refractivity contribution in [2.24, 2.45) is 5.73 Å². The van der Waals surface area contributed by atoms with Gasteiger partial charge in [-0.1, -0.05) is 6.07 Å². The van der Waals surface area contributed by atoms with E-state index in [1.807, 2.05) is 24.1 Å². The minimum Gasteiger partial charge on any atom is -0.459 e. The standard InChI is InChI=1S/C19H24N4O3/c1-23(18-21-7-3-8-22-18)9-2-4-14-5-6-16-15(10-14)11-17(26-16)19(20,12-24)13-25/h3,5-8,10-11,24-25H,2,4,9,12-13,20H2,1H3.